The van der Waals surface area contributed by atoms with Gasteiger partial charge in [0.05, 0.1) is 0 Å². The van der Waals surface area contributed by atoms with E-state index in [0.29, 0.717) is 25.9 Å². The molecule has 0 radical (unpaired) electrons. The first kappa shape index (κ1) is 16.3. The second-order valence-electron chi connectivity index (χ2n) is 5.97. The number of hydrogen-bond donors (Lipinski definition) is 1. The lowest BCUT2D eigenvalue weighted by molar-refractivity contribution is -0.137. The predicted molar refractivity (Wildman–Crippen MR) is 86.1 cm³/mol. The van der Waals surface area contributed by atoms with Crippen LogP contribution in [0.25, 0.3) is 0 Å². The Morgan fingerprint density at radius 2 is 2.05 bits per heavy atom. The van der Waals surface area contributed by atoms with Crippen molar-refractivity contribution in [3.63, 3.8) is 0 Å². The highest BCUT2D eigenvalue weighted by atomic mass is 16.4. The second-order valence-corrected chi connectivity index (χ2v) is 5.97. The summed E-state index contributed by atoms with van der Waals surface area (Å²) in [6, 6.07) is 8.67. The maximum atomic E-state index is 12.1. The molecule has 1 aliphatic heterocycles. The van der Waals surface area contributed by atoms with Gasteiger partial charge in [0.15, 0.2) is 0 Å². The fourth-order valence-corrected chi connectivity index (χ4v) is 2.92. The van der Waals surface area contributed by atoms with Crippen LogP contribution in [-0.4, -0.2) is 47.6 Å². The van der Waals surface area contributed by atoms with E-state index in [-0.39, 0.29) is 18.4 Å². The number of amides is 1. The van der Waals surface area contributed by atoms with E-state index in [1.54, 1.807) is 0 Å². The molecule has 22 heavy (non-hydrogen) atoms. The van der Waals surface area contributed by atoms with Gasteiger partial charge in [0.1, 0.15) is 0 Å². The first-order valence-corrected chi connectivity index (χ1v) is 7.80. The Morgan fingerprint density at radius 3 is 2.68 bits per heavy atom. The standard InChI is InChI=1S/C17H24N2O3/c1-13-5-3-6-15(11-13)19-10-9-18(12-14(19)2)16(20)7-4-8-17(21)22/h3,5-6,11,14H,4,7-10,12H2,1-2H3,(H,21,22). The van der Waals surface area contributed by atoms with E-state index in [9.17, 15) is 9.59 Å². The molecule has 1 N–H and O–H groups in total. The van der Waals surface area contributed by atoms with Crippen LogP contribution in [0.5, 0.6) is 0 Å². The lowest BCUT2D eigenvalue weighted by Crippen LogP contribution is -2.53. The zero-order valence-corrected chi connectivity index (χ0v) is 13.3. The van der Waals surface area contributed by atoms with E-state index >= 15 is 0 Å². The Morgan fingerprint density at radius 1 is 1.27 bits per heavy atom. The molecule has 1 aliphatic rings. The van der Waals surface area contributed by atoms with Crippen LogP contribution in [0.3, 0.4) is 0 Å². The molecule has 1 aromatic rings. The minimum atomic E-state index is -0.842. The molecule has 5 nitrogen and oxygen atoms in total. The zero-order chi connectivity index (χ0) is 16.1. The van der Waals surface area contributed by atoms with E-state index in [1.807, 2.05) is 4.90 Å². The van der Waals surface area contributed by atoms with E-state index in [0.717, 1.165) is 6.54 Å². The number of hydrogen-bond acceptors (Lipinski definition) is 3. The Balaban J connectivity index is 1.89. The van der Waals surface area contributed by atoms with Gasteiger partial charge in [-0.15, -0.1) is 0 Å². The van der Waals surface area contributed by atoms with E-state index in [2.05, 4.69) is 43.0 Å². The SMILES string of the molecule is Cc1cccc(N2CCN(C(=O)CCCC(=O)O)CC2C)c1. The normalized spacial score (nSPS) is 18.4. The van der Waals surface area contributed by atoms with Gasteiger partial charge in [-0.05, 0) is 38.0 Å². The highest BCUT2D eigenvalue weighted by Gasteiger charge is 2.26. The molecule has 0 saturated carbocycles. The highest BCUT2D eigenvalue weighted by molar-refractivity contribution is 5.77. The molecule has 1 saturated heterocycles. The molecule has 0 spiro atoms. The fourth-order valence-electron chi connectivity index (χ4n) is 2.92. The Labute approximate surface area is 131 Å². The zero-order valence-electron chi connectivity index (χ0n) is 13.3. The number of carboxylic acids is 1. The van der Waals surface area contributed by atoms with Gasteiger partial charge in [-0.25, -0.2) is 0 Å². The first-order valence-electron chi connectivity index (χ1n) is 7.80. The van der Waals surface area contributed by atoms with Crippen molar-refractivity contribution in [2.24, 2.45) is 0 Å². The van der Waals surface area contributed by atoms with Crippen molar-refractivity contribution in [2.45, 2.75) is 39.2 Å². The fraction of sp³-hybridized carbons (Fsp3) is 0.529. The van der Waals surface area contributed by atoms with E-state index in [1.165, 1.54) is 11.3 Å². The number of anilines is 1. The third kappa shape index (κ3) is 4.23. The summed E-state index contributed by atoms with van der Waals surface area (Å²) < 4.78 is 0. The minimum Gasteiger partial charge on any atom is -0.481 e. The monoisotopic (exact) mass is 304 g/mol. The number of carboxylic acid groups (broad SMARTS) is 1. The number of piperazine rings is 1. The van der Waals surface area contributed by atoms with Crippen molar-refractivity contribution in [2.75, 3.05) is 24.5 Å². The summed E-state index contributed by atoms with van der Waals surface area (Å²) in [5.41, 5.74) is 2.43. The molecular weight excluding hydrogens is 280 g/mol. The Hall–Kier alpha value is -2.04. The molecular formula is C17H24N2O3. The maximum Gasteiger partial charge on any atom is 0.303 e. The molecule has 1 aromatic carbocycles. The van der Waals surface area contributed by atoms with Gasteiger partial charge in [-0.3, -0.25) is 9.59 Å². The van der Waals surface area contributed by atoms with Crippen LogP contribution in [0.4, 0.5) is 5.69 Å². The number of rotatable bonds is 5. The van der Waals surface area contributed by atoms with Gasteiger partial charge in [0.2, 0.25) is 5.91 Å². The predicted octanol–water partition coefficient (Wildman–Crippen LogP) is 2.29. The summed E-state index contributed by atoms with van der Waals surface area (Å²) in [5, 5.41) is 8.63. The van der Waals surface area contributed by atoms with Crippen LogP contribution in [0.1, 0.15) is 31.7 Å². The number of carbonyl (C=O) groups excluding carboxylic acids is 1. The lowest BCUT2D eigenvalue weighted by Gasteiger charge is -2.41. The van der Waals surface area contributed by atoms with E-state index in [4.69, 9.17) is 5.11 Å². The number of aliphatic carboxylic acids is 1. The second kappa shape index (κ2) is 7.29. The average Bonchev–Trinajstić information content (AvgIpc) is 2.46. The topological polar surface area (TPSA) is 60.9 Å². The quantitative estimate of drug-likeness (QED) is 0.906. The van der Waals surface area contributed by atoms with E-state index < -0.39 is 5.97 Å². The van der Waals surface area contributed by atoms with Gasteiger partial charge in [-0.1, -0.05) is 12.1 Å². The number of carbonyl (C=O) groups is 2. The largest absolute Gasteiger partial charge is 0.481 e. The maximum absolute atomic E-state index is 12.1. The van der Waals surface area contributed by atoms with Crippen LogP contribution in [0.15, 0.2) is 24.3 Å². The summed E-state index contributed by atoms with van der Waals surface area (Å²) >= 11 is 0. The van der Waals surface area contributed by atoms with Gasteiger partial charge in [0.25, 0.3) is 0 Å². The molecule has 1 atom stereocenters. The molecule has 2 rings (SSSR count). The number of aryl methyl sites for hydroxylation is 1. The van der Waals surface area contributed by atoms with Crippen molar-refractivity contribution < 1.29 is 14.7 Å². The highest BCUT2D eigenvalue weighted by Crippen LogP contribution is 2.22. The van der Waals surface area contributed by atoms with Crippen molar-refractivity contribution in [3.8, 4) is 0 Å². The average molecular weight is 304 g/mol. The summed E-state index contributed by atoms with van der Waals surface area (Å²) in [7, 11) is 0. The van der Waals surface area contributed by atoms with Crippen LogP contribution in [0, 0.1) is 6.92 Å². The Kier molecular flexibility index (Phi) is 5.41. The van der Waals surface area contributed by atoms with Crippen LogP contribution in [-0.2, 0) is 9.59 Å². The van der Waals surface area contributed by atoms with Gasteiger partial charge >= 0.3 is 5.97 Å². The molecule has 0 aliphatic carbocycles. The van der Waals surface area contributed by atoms with Gasteiger partial charge in [-0.2, -0.15) is 0 Å². The number of benzene rings is 1. The van der Waals surface area contributed by atoms with Crippen LogP contribution < -0.4 is 4.90 Å². The summed E-state index contributed by atoms with van der Waals surface area (Å²) in [6.07, 6.45) is 0.800. The van der Waals surface area contributed by atoms with Crippen molar-refractivity contribution in [3.05, 3.63) is 29.8 Å². The summed E-state index contributed by atoms with van der Waals surface area (Å²) in [6.45, 7) is 6.41. The van der Waals surface area contributed by atoms with Crippen LogP contribution in [0.2, 0.25) is 0 Å². The van der Waals surface area contributed by atoms with Crippen molar-refractivity contribution >= 4 is 17.6 Å². The summed E-state index contributed by atoms with van der Waals surface area (Å²) in [5.74, 6) is -0.776. The third-order valence-electron chi connectivity index (χ3n) is 4.09. The molecule has 1 heterocycles. The number of nitrogens with zero attached hydrogens (tertiary/aromatic N) is 2. The first-order chi connectivity index (χ1) is 10.5. The Bertz CT molecular complexity index is 544. The molecule has 5 heteroatoms. The smallest absolute Gasteiger partial charge is 0.303 e. The summed E-state index contributed by atoms with van der Waals surface area (Å²) in [4.78, 5) is 26.8. The molecule has 120 valence electrons. The molecule has 1 amide bonds. The molecule has 0 bridgehead atoms. The third-order valence-corrected chi connectivity index (χ3v) is 4.09. The van der Waals surface area contributed by atoms with Crippen molar-refractivity contribution in [1.82, 2.24) is 4.90 Å². The van der Waals surface area contributed by atoms with Gasteiger partial charge in [0, 0.05) is 44.2 Å². The molecule has 0 aromatic heterocycles. The van der Waals surface area contributed by atoms with Gasteiger partial charge < -0.3 is 14.9 Å². The molecule has 1 unspecified atom stereocenters. The minimum absolute atomic E-state index is 0.0601. The van der Waals surface area contributed by atoms with Crippen molar-refractivity contribution in [1.29, 1.82) is 0 Å². The van der Waals surface area contributed by atoms with Crippen LogP contribution >= 0.6 is 0 Å². The molecule has 1 fully saturated rings. The lowest BCUT2D eigenvalue weighted by atomic mass is 10.1.